The van der Waals surface area contributed by atoms with Crippen LogP contribution in [-0.2, 0) is 17.9 Å². The SMILES string of the molecule is Cl.O=C1COc2c(F)cc(-n3ccnc3-c3cc4n(n3)CCCNC4)cc2N1. The first-order valence-corrected chi connectivity index (χ1v) is 8.77. The van der Waals surface area contributed by atoms with Crippen molar-refractivity contribution in [2.24, 2.45) is 0 Å². The van der Waals surface area contributed by atoms with Crippen molar-refractivity contribution in [3.05, 3.63) is 42.1 Å². The molecule has 2 aliphatic rings. The number of hydrogen-bond acceptors (Lipinski definition) is 5. The molecule has 1 amide bonds. The van der Waals surface area contributed by atoms with E-state index in [1.54, 1.807) is 23.0 Å². The Morgan fingerprint density at radius 1 is 1.25 bits per heavy atom. The van der Waals surface area contributed by atoms with E-state index >= 15 is 0 Å². The normalized spacial score (nSPS) is 15.5. The van der Waals surface area contributed by atoms with Crippen molar-refractivity contribution in [2.45, 2.75) is 19.5 Å². The first kappa shape index (κ1) is 18.5. The minimum Gasteiger partial charge on any atom is -0.478 e. The maximum Gasteiger partial charge on any atom is 0.262 e. The molecule has 0 atom stereocenters. The fraction of sp³-hybridized carbons (Fsp3) is 0.278. The second-order valence-corrected chi connectivity index (χ2v) is 6.54. The van der Waals surface area contributed by atoms with Crippen LogP contribution < -0.4 is 15.4 Å². The van der Waals surface area contributed by atoms with Gasteiger partial charge in [-0.25, -0.2) is 9.37 Å². The maximum atomic E-state index is 14.5. The van der Waals surface area contributed by atoms with Gasteiger partial charge < -0.3 is 15.4 Å². The van der Waals surface area contributed by atoms with Crippen molar-refractivity contribution in [1.29, 1.82) is 0 Å². The number of aromatic nitrogens is 4. The van der Waals surface area contributed by atoms with Crippen molar-refractivity contribution >= 4 is 24.0 Å². The molecule has 0 bridgehead atoms. The Labute approximate surface area is 166 Å². The van der Waals surface area contributed by atoms with E-state index in [2.05, 4.69) is 20.7 Å². The summed E-state index contributed by atoms with van der Waals surface area (Å²) in [5.74, 6) is -0.181. The molecule has 8 nitrogen and oxygen atoms in total. The molecule has 28 heavy (non-hydrogen) atoms. The standard InChI is InChI=1S/C18H17FN6O2.ClH/c19-13-6-11(7-14-17(13)27-10-16(26)22-14)24-5-3-21-18(24)15-8-12-9-20-2-1-4-25(12)23-15;/h3,5-8,20H,1-2,4,9-10H2,(H,22,26);1H. The van der Waals surface area contributed by atoms with Gasteiger partial charge in [0, 0.05) is 31.5 Å². The van der Waals surface area contributed by atoms with Crippen LogP contribution >= 0.6 is 12.4 Å². The number of carbonyl (C=O) groups is 1. The number of imidazole rings is 1. The average Bonchev–Trinajstić information content (AvgIpc) is 3.23. The summed E-state index contributed by atoms with van der Waals surface area (Å²) in [6.45, 7) is 2.38. The van der Waals surface area contributed by atoms with E-state index in [-0.39, 0.29) is 30.7 Å². The molecule has 0 saturated heterocycles. The zero-order valence-corrected chi connectivity index (χ0v) is 15.6. The molecule has 4 heterocycles. The number of halogens is 2. The Bertz CT molecular complexity index is 1020. The largest absolute Gasteiger partial charge is 0.478 e. The molecular formula is C18H18ClFN6O2. The van der Waals surface area contributed by atoms with Gasteiger partial charge in [-0.15, -0.1) is 12.4 Å². The smallest absolute Gasteiger partial charge is 0.262 e. The molecule has 10 heteroatoms. The van der Waals surface area contributed by atoms with Gasteiger partial charge in [0.2, 0.25) is 0 Å². The summed E-state index contributed by atoms with van der Waals surface area (Å²) in [5.41, 5.74) is 2.66. The van der Waals surface area contributed by atoms with Gasteiger partial charge in [0.25, 0.3) is 5.91 Å². The number of aryl methyl sites for hydroxylation is 1. The molecule has 0 unspecified atom stereocenters. The molecule has 146 valence electrons. The number of amides is 1. The number of hydrogen-bond donors (Lipinski definition) is 2. The highest BCUT2D eigenvalue weighted by Gasteiger charge is 2.22. The van der Waals surface area contributed by atoms with E-state index < -0.39 is 5.82 Å². The highest BCUT2D eigenvalue weighted by atomic mass is 35.5. The topological polar surface area (TPSA) is 86.0 Å². The third-order valence-electron chi connectivity index (χ3n) is 4.69. The number of ether oxygens (including phenoxy) is 1. The zero-order valence-electron chi connectivity index (χ0n) is 14.8. The van der Waals surface area contributed by atoms with Crippen LogP contribution in [0.3, 0.4) is 0 Å². The highest BCUT2D eigenvalue weighted by Crippen LogP contribution is 2.34. The fourth-order valence-electron chi connectivity index (χ4n) is 3.45. The predicted octanol–water partition coefficient (Wildman–Crippen LogP) is 2.12. The van der Waals surface area contributed by atoms with E-state index in [1.807, 2.05) is 10.7 Å². The zero-order chi connectivity index (χ0) is 18.4. The number of nitrogens with zero attached hydrogens (tertiary/aromatic N) is 4. The molecule has 1 aromatic carbocycles. The lowest BCUT2D eigenvalue weighted by atomic mass is 10.2. The third-order valence-corrected chi connectivity index (χ3v) is 4.69. The van der Waals surface area contributed by atoms with Crippen molar-refractivity contribution < 1.29 is 13.9 Å². The van der Waals surface area contributed by atoms with Gasteiger partial charge >= 0.3 is 0 Å². The van der Waals surface area contributed by atoms with E-state index in [9.17, 15) is 9.18 Å². The van der Waals surface area contributed by atoms with Crippen molar-refractivity contribution in [2.75, 3.05) is 18.5 Å². The van der Waals surface area contributed by atoms with E-state index in [4.69, 9.17) is 4.74 Å². The van der Waals surface area contributed by atoms with Gasteiger partial charge in [0.15, 0.2) is 24.0 Å². The Morgan fingerprint density at radius 2 is 2.14 bits per heavy atom. The molecule has 0 aliphatic carbocycles. The number of fused-ring (bicyclic) bond motifs is 2. The quantitative estimate of drug-likeness (QED) is 0.683. The van der Waals surface area contributed by atoms with Gasteiger partial charge in [-0.2, -0.15) is 5.10 Å². The minimum atomic E-state index is -0.535. The summed E-state index contributed by atoms with van der Waals surface area (Å²) in [6.07, 6.45) is 4.40. The minimum absolute atomic E-state index is 0. The summed E-state index contributed by atoms with van der Waals surface area (Å²) in [5, 5.41) is 10.7. The molecule has 0 fully saturated rings. The molecule has 0 radical (unpaired) electrons. The number of anilines is 1. The van der Waals surface area contributed by atoms with Crippen LogP contribution in [0.25, 0.3) is 17.2 Å². The number of rotatable bonds is 2. The van der Waals surface area contributed by atoms with E-state index in [0.29, 0.717) is 17.2 Å². The second kappa shape index (κ2) is 7.25. The fourth-order valence-corrected chi connectivity index (χ4v) is 3.45. The number of carbonyl (C=O) groups excluding carboxylic acids is 1. The first-order chi connectivity index (χ1) is 13.2. The van der Waals surface area contributed by atoms with Gasteiger partial charge in [-0.3, -0.25) is 14.0 Å². The average molecular weight is 405 g/mol. The molecule has 0 saturated carbocycles. The van der Waals surface area contributed by atoms with Gasteiger partial charge in [-0.05, 0) is 25.1 Å². The van der Waals surface area contributed by atoms with E-state index in [0.717, 1.165) is 37.4 Å². The van der Waals surface area contributed by atoms with Crippen LogP contribution in [0.5, 0.6) is 5.75 Å². The van der Waals surface area contributed by atoms with Crippen molar-refractivity contribution in [1.82, 2.24) is 24.6 Å². The lowest BCUT2D eigenvalue weighted by Crippen LogP contribution is -2.26. The van der Waals surface area contributed by atoms with Gasteiger partial charge in [0.05, 0.1) is 17.1 Å². The van der Waals surface area contributed by atoms with Crippen molar-refractivity contribution in [3.8, 4) is 23.0 Å². The Hall–Kier alpha value is -2.91. The van der Waals surface area contributed by atoms with E-state index in [1.165, 1.54) is 6.07 Å². The molecule has 0 spiro atoms. The number of benzene rings is 1. The third kappa shape index (κ3) is 3.12. The highest BCUT2D eigenvalue weighted by molar-refractivity contribution is 5.95. The predicted molar refractivity (Wildman–Crippen MR) is 102 cm³/mol. The molecule has 5 rings (SSSR count). The Kier molecular flexibility index (Phi) is 4.78. The van der Waals surface area contributed by atoms with Gasteiger partial charge in [-0.1, -0.05) is 0 Å². The summed E-state index contributed by atoms with van der Waals surface area (Å²) in [6, 6.07) is 5.03. The summed E-state index contributed by atoms with van der Waals surface area (Å²) >= 11 is 0. The molecule has 2 N–H and O–H groups in total. The van der Waals surface area contributed by atoms with Crippen LogP contribution in [0.15, 0.2) is 30.6 Å². The maximum absolute atomic E-state index is 14.5. The van der Waals surface area contributed by atoms with Crippen molar-refractivity contribution in [3.63, 3.8) is 0 Å². The van der Waals surface area contributed by atoms with Crippen LogP contribution in [0.1, 0.15) is 12.1 Å². The first-order valence-electron chi connectivity index (χ1n) is 8.77. The number of nitrogens with one attached hydrogen (secondary N) is 2. The Balaban J connectivity index is 0.00000192. The lowest BCUT2D eigenvalue weighted by Gasteiger charge is -2.19. The molecule has 2 aromatic heterocycles. The Morgan fingerprint density at radius 3 is 3.04 bits per heavy atom. The summed E-state index contributed by atoms with van der Waals surface area (Å²) in [7, 11) is 0. The van der Waals surface area contributed by atoms with Crippen LogP contribution in [0, 0.1) is 5.82 Å². The lowest BCUT2D eigenvalue weighted by molar-refractivity contribution is -0.118. The van der Waals surface area contributed by atoms with Crippen LogP contribution in [-0.4, -0.2) is 38.4 Å². The van der Waals surface area contributed by atoms with Crippen LogP contribution in [0.4, 0.5) is 10.1 Å². The second-order valence-electron chi connectivity index (χ2n) is 6.54. The van der Waals surface area contributed by atoms with Crippen LogP contribution in [0.2, 0.25) is 0 Å². The van der Waals surface area contributed by atoms with Gasteiger partial charge in [0.1, 0.15) is 5.69 Å². The summed E-state index contributed by atoms with van der Waals surface area (Å²) < 4.78 is 23.4. The summed E-state index contributed by atoms with van der Waals surface area (Å²) in [4.78, 5) is 16.0. The molecular weight excluding hydrogens is 387 g/mol. The monoisotopic (exact) mass is 404 g/mol. The molecule has 3 aromatic rings. The molecule has 2 aliphatic heterocycles.